The minimum atomic E-state index is -0.808. The van der Waals surface area contributed by atoms with E-state index in [2.05, 4.69) is 5.32 Å². The van der Waals surface area contributed by atoms with Crippen LogP contribution in [0.4, 0.5) is 5.69 Å². The molecule has 0 bridgehead atoms. The lowest BCUT2D eigenvalue weighted by Gasteiger charge is -2.15. The Kier molecular flexibility index (Phi) is 6.37. The number of nitrogens with zero attached hydrogens (tertiary/aromatic N) is 1. The maximum atomic E-state index is 12.2. The number of nitro groups is 1. The number of nitro benzene ring substituents is 1. The molecule has 0 heterocycles. The van der Waals surface area contributed by atoms with Crippen LogP contribution in [0.5, 0.6) is 17.2 Å². The number of benzene rings is 2. The number of carbonyl (C=O) groups is 1. The Morgan fingerprint density at radius 3 is 2.54 bits per heavy atom. The molecule has 2 aromatic carbocycles. The minimum Gasteiger partial charge on any atom is -0.493 e. The van der Waals surface area contributed by atoms with Crippen molar-refractivity contribution in [1.29, 1.82) is 0 Å². The average Bonchev–Trinajstić information content (AvgIpc) is 2.65. The van der Waals surface area contributed by atoms with Crippen molar-refractivity contribution >= 4 is 11.6 Å². The first-order valence-corrected chi connectivity index (χ1v) is 7.84. The van der Waals surface area contributed by atoms with E-state index in [1.54, 1.807) is 32.2 Å². The molecule has 0 aromatic heterocycles. The van der Waals surface area contributed by atoms with E-state index in [9.17, 15) is 14.9 Å². The predicted molar refractivity (Wildman–Crippen MR) is 94.6 cm³/mol. The van der Waals surface area contributed by atoms with E-state index in [0.29, 0.717) is 11.5 Å². The lowest BCUT2D eigenvalue weighted by Crippen LogP contribution is -2.35. The molecule has 0 spiro atoms. The maximum absolute atomic E-state index is 12.2. The van der Waals surface area contributed by atoms with Crippen LogP contribution >= 0.6 is 0 Å². The topological polar surface area (TPSA) is 99.9 Å². The molecule has 8 nitrogen and oxygen atoms in total. The molecule has 1 atom stereocenters. The van der Waals surface area contributed by atoms with E-state index in [1.165, 1.54) is 25.3 Å². The van der Waals surface area contributed by atoms with Gasteiger partial charge in [-0.25, -0.2) is 0 Å². The number of rotatable bonds is 8. The first kappa shape index (κ1) is 19.0. The molecule has 0 radical (unpaired) electrons. The Bertz CT molecular complexity index is 793. The van der Waals surface area contributed by atoms with Gasteiger partial charge in [-0.05, 0) is 30.7 Å². The second kappa shape index (κ2) is 8.70. The normalized spacial score (nSPS) is 11.3. The van der Waals surface area contributed by atoms with Crippen molar-refractivity contribution in [3.8, 4) is 17.2 Å². The molecule has 26 heavy (non-hydrogen) atoms. The molecule has 1 N–H and O–H groups in total. The highest BCUT2D eigenvalue weighted by Crippen LogP contribution is 2.27. The zero-order valence-corrected chi connectivity index (χ0v) is 14.7. The number of methoxy groups -OCH3 is 2. The summed E-state index contributed by atoms with van der Waals surface area (Å²) >= 11 is 0. The highest BCUT2D eigenvalue weighted by molar-refractivity contribution is 5.80. The minimum absolute atomic E-state index is 0.0968. The van der Waals surface area contributed by atoms with Crippen molar-refractivity contribution in [2.45, 2.75) is 19.6 Å². The van der Waals surface area contributed by atoms with E-state index in [-0.39, 0.29) is 23.9 Å². The van der Waals surface area contributed by atoms with Gasteiger partial charge in [-0.2, -0.15) is 0 Å². The van der Waals surface area contributed by atoms with E-state index in [0.717, 1.165) is 5.56 Å². The van der Waals surface area contributed by atoms with Crippen LogP contribution in [0.2, 0.25) is 0 Å². The van der Waals surface area contributed by atoms with Crippen LogP contribution in [-0.4, -0.2) is 31.2 Å². The molecule has 2 aromatic rings. The lowest BCUT2D eigenvalue weighted by atomic mass is 10.2. The molecule has 0 unspecified atom stereocenters. The Hall–Kier alpha value is -3.29. The van der Waals surface area contributed by atoms with Gasteiger partial charge >= 0.3 is 0 Å². The van der Waals surface area contributed by atoms with E-state index in [4.69, 9.17) is 14.2 Å². The molecule has 2 rings (SSSR count). The molecular formula is C18H20N2O6. The van der Waals surface area contributed by atoms with Gasteiger partial charge in [-0.3, -0.25) is 14.9 Å². The van der Waals surface area contributed by atoms with Crippen LogP contribution in [0.15, 0.2) is 42.5 Å². The third-order valence-corrected chi connectivity index (χ3v) is 3.63. The first-order valence-electron chi connectivity index (χ1n) is 7.84. The molecule has 0 saturated carbocycles. The summed E-state index contributed by atoms with van der Waals surface area (Å²) in [7, 11) is 3.08. The maximum Gasteiger partial charge on any atom is 0.273 e. The van der Waals surface area contributed by atoms with Gasteiger partial charge in [-0.1, -0.05) is 12.1 Å². The molecule has 138 valence electrons. The van der Waals surface area contributed by atoms with E-state index in [1.807, 2.05) is 6.07 Å². The monoisotopic (exact) mass is 360 g/mol. The van der Waals surface area contributed by atoms with Crippen molar-refractivity contribution in [3.05, 3.63) is 58.1 Å². The molecule has 0 saturated heterocycles. The zero-order chi connectivity index (χ0) is 19.1. The summed E-state index contributed by atoms with van der Waals surface area (Å²) in [5.74, 6) is 1.09. The summed E-state index contributed by atoms with van der Waals surface area (Å²) in [6, 6.07) is 11.0. The Balaban J connectivity index is 1.95. The second-order valence-corrected chi connectivity index (χ2v) is 5.42. The fraction of sp³-hybridized carbons (Fsp3) is 0.278. The molecule has 0 fully saturated rings. The largest absolute Gasteiger partial charge is 0.493 e. The van der Waals surface area contributed by atoms with E-state index >= 15 is 0 Å². The smallest absolute Gasteiger partial charge is 0.273 e. The van der Waals surface area contributed by atoms with Crippen molar-refractivity contribution in [2.75, 3.05) is 14.2 Å². The third kappa shape index (κ3) is 4.85. The van der Waals surface area contributed by atoms with Crippen LogP contribution in [0, 0.1) is 10.1 Å². The molecule has 8 heteroatoms. The second-order valence-electron chi connectivity index (χ2n) is 5.42. The van der Waals surface area contributed by atoms with Gasteiger partial charge in [0.25, 0.3) is 11.6 Å². The fourth-order valence-corrected chi connectivity index (χ4v) is 2.25. The van der Waals surface area contributed by atoms with Gasteiger partial charge in [0.05, 0.1) is 25.2 Å². The Morgan fingerprint density at radius 1 is 1.15 bits per heavy atom. The average molecular weight is 360 g/mol. The van der Waals surface area contributed by atoms with Gasteiger partial charge < -0.3 is 19.5 Å². The van der Waals surface area contributed by atoms with Crippen LogP contribution in [0.1, 0.15) is 12.5 Å². The van der Waals surface area contributed by atoms with Crippen LogP contribution < -0.4 is 19.5 Å². The number of nitrogens with one attached hydrogen (secondary N) is 1. The van der Waals surface area contributed by atoms with Gasteiger partial charge in [0.1, 0.15) is 5.75 Å². The van der Waals surface area contributed by atoms with Crippen molar-refractivity contribution in [2.24, 2.45) is 0 Å². The zero-order valence-electron chi connectivity index (χ0n) is 14.7. The van der Waals surface area contributed by atoms with Gasteiger partial charge in [-0.15, -0.1) is 0 Å². The predicted octanol–water partition coefficient (Wildman–Crippen LogP) is 2.70. The number of hydrogen-bond acceptors (Lipinski definition) is 6. The SMILES string of the molecule is COc1ccc(CNC(=O)[C@@H](C)Oc2cccc([N+](=O)[O-])c2)cc1OC. The number of amides is 1. The summed E-state index contributed by atoms with van der Waals surface area (Å²) < 4.78 is 15.9. The van der Waals surface area contributed by atoms with Crippen molar-refractivity contribution < 1.29 is 23.9 Å². The Labute approximate surface area is 150 Å². The lowest BCUT2D eigenvalue weighted by molar-refractivity contribution is -0.384. The van der Waals surface area contributed by atoms with Crippen LogP contribution in [-0.2, 0) is 11.3 Å². The summed E-state index contributed by atoms with van der Waals surface area (Å²) in [6.45, 7) is 1.85. The summed E-state index contributed by atoms with van der Waals surface area (Å²) in [5, 5.41) is 13.5. The summed E-state index contributed by atoms with van der Waals surface area (Å²) in [5.41, 5.74) is 0.735. The number of non-ortho nitro benzene ring substituents is 1. The van der Waals surface area contributed by atoms with Crippen molar-refractivity contribution in [1.82, 2.24) is 5.32 Å². The highest BCUT2D eigenvalue weighted by Gasteiger charge is 2.16. The number of ether oxygens (including phenoxy) is 3. The Morgan fingerprint density at radius 2 is 1.88 bits per heavy atom. The van der Waals surface area contributed by atoms with Crippen LogP contribution in [0.3, 0.4) is 0 Å². The van der Waals surface area contributed by atoms with Gasteiger partial charge in [0.2, 0.25) is 0 Å². The molecule has 0 aliphatic rings. The standard InChI is InChI=1S/C18H20N2O6/c1-12(26-15-6-4-5-14(10-15)20(22)23)18(21)19-11-13-7-8-16(24-2)17(9-13)25-3/h4-10,12H,11H2,1-3H3,(H,19,21)/t12-/m1/s1. The molecule has 0 aliphatic heterocycles. The quantitative estimate of drug-likeness (QED) is 0.574. The third-order valence-electron chi connectivity index (χ3n) is 3.63. The summed E-state index contributed by atoms with van der Waals surface area (Å²) in [6.07, 6.45) is -0.808. The summed E-state index contributed by atoms with van der Waals surface area (Å²) in [4.78, 5) is 22.5. The number of hydrogen-bond donors (Lipinski definition) is 1. The van der Waals surface area contributed by atoms with E-state index < -0.39 is 11.0 Å². The van der Waals surface area contributed by atoms with Crippen LogP contribution in [0.25, 0.3) is 0 Å². The molecule has 1 amide bonds. The fourth-order valence-electron chi connectivity index (χ4n) is 2.25. The molecular weight excluding hydrogens is 340 g/mol. The number of carbonyl (C=O) groups excluding carboxylic acids is 1. The highest BCUT2D eigenvalue weighted by atomic mass is 16.6. The molecule has 0 aliphatic carbocycles. The van der Waals surface area contributed by atoms with Gasteiger partial charge in [0.15, 0.2) is 17.6 Å². The first-order chi connectivity index (χ1) is 12.4. The van der Waals surface area contributed by atoms with Gasteiger partial charge in [0, 0.05) is 12.6 Å². The van der Waals surface area contributed by atoms with Crippen molar-refractivity contribution in [3.63, 3.8) is 0 Å².